The van der Waals surface area contributed by atoms with Crippen LogP contribution in [-0.4, -0.2) is 38.3 Å². The highest BCUT2D eigenvalue weighted by atomic mass is 32.2. The summed E-state index contributed by atoms with van der Waals surface area (Å²) in [7, 11) is -3.50. The molecule has 1 saturated heterocycles. The van der Waals surface area contributed by atoms with E-state index >= 15 is 0 Å². The second-order valence-electron chi connectivity index (χ2n) is 6.83. The summed E-state index contributed by atoms with van der Waals surface area (Å²) in [6.07, 6.45) is 1.75. The van der Waals surface area contributed by atoms with E-state index in [1.165, 1.54) is 22.5 Å². The Morgan fingerprint density at radius 1 is 1.11 bits per heavy atom. The third-order valence-electron chi connectivity index (χ3n) is 4.68. The Kier molecular flexibility index (Phi) is 6.00. The molecule has 3 rings (SSSR count). The lowest BCUT2D eigenvalue weighted by atomic mass is 10.2. The molecule has 0 atom stereocenters. The van der Waals surface area contributed by atoms with Crippen LogP contribution in [0.5, 0.6) is 5.75 Å². The van der Waals surface area contributed by atoms with Gasteiger partial charge in [0.25, 0.3) is 5.91 Å². The zero-order valence-electron chi connectivity index (χ0n) is 15.9. The first-order valence-electron chi connectivity index (χ1n) is 9.07. The van der Waals surface area contributed by atoms with Gasteiger partial charge in [-0.2, -0.15) is 4.31 Å². The number of hydrogen-bond donors (Lipinski definition) is 1. The molecule has 0 unspecified atom stereocenters. The SMILES string of the molecule is Cc1ccc(F)cc1NC(=O)COc1ccc(S(=O)(=O)N2CCCC2)cc1C. The smallest absolute Gasteiger partial charge is 0.262 e. The van der Waals surface area contributed by atoms with E-state index in [-0.39, 0.29) is 11.5 Å². The number of carbonyl (C=O) groups excluding carboxylic acids is 1. The van der Waals surface area contributed by atoms with Gasteiger partial charge >= 0.3 is 0 Å². The highest BCUT2D eigenvalue weighted by Crippen LogP contribution is 2.26. The summed E-state index contributed by atoms with van der Waals surface area (Å²) in [5.74, 6) is -0.444. The van der Waals surface area contributed by atoms with Crippen LogP contribution in [0.4, 0.5) is 10.1 Å². The molecule has 1 aliphatic rings. The monoisotopic (exact) mass is 406 g/mol. The van der Waals surface area contributed by atoms with Gasteiger partial charge in [-0.3, -0.25) is 4.79 Å². The van der Waals surface area contributed by atoms with Gasteiger partial charge in [-0.15, -0.1) is 0 Å². The molecule has 8 heteroatoms. The molecule has 2 aromatic rings. The van der Waals surface area contributed by atoms with E-state index in [4.69, 9.17) is 4.74 Å². The van der Waals surface area contributed by atoms with Crippen molar-refractivity contribution in [3.63, 3.8) is 0 Å². The predicted molar refractivity (Wildman–Crippen MR) is 104 cm³/mol. The number of hydrogen-bond acceptors (Lipinski definition) is 4. The summed E-state index contributed by atoms with van der Waals surface area (Å²) in [5.41, 5.74) is 1.75. The van der Waals surface area contributed by atoms with E-state index < -0.39 is 21.7 Å². The van der Waals surface area contributed by atoms with Crippen LogP contribution in [-0.2, 0) is 14.8 Å². The first-order chi connectivity index (χ1) is 13.3. The Morgan fingerprint density at radius 2 is 1.82 bits per heavy atom. The average Bonchev–Trinajstić information content (AvgIpc) is 3.19. The van der Waals surface area contributed by atoms with Crippen molar-refractivity contribution in [2.75, 3.05) is 25.0 Å². The third kappa shape index (κ3) is 4.51. The highest BCUT2D eigenvalue weighted by molar-refractivity contribution is 7.89. The number of sulfonamides is 1. The fraction of sp³-hybridized carbons (Fsp3) is 0.350. The largest absolute Gasteiger partial charge is 0.483 e. The minimum Gasteiger partial charge on any atom is -0.483 e. The van der Waals surface area contributed by atoms with Gasteiger partial charge in [-0.1, -0.05) is 6.07 Å². The quantitative estimate of drug-likeness (QED) is 0.799. The lowest BCUT2D eigenvalue weighted by Gasteiger charge is -2.17. The van der Waals surface area contributed by atoms with Crippen LogP contribution in [0.2, 0.25) is 0 Å². The molecule has 150 valence electrons. The molecular weight excluding hydrogens is 383 g/mol. The van der Waals surface area contributed by atoms with E-state index in [0.29, 0.717) is 30.1 Å². The van der Waals surface area contributed by atoms with Crippen molar-refractivity contribution < 1.29 is 22.3 Å². The van der Waals surface area contributed by atoms with E-state index in [1.807, 2.05) is 0 Å². The lowest BCUT2D eigenvalue weighted by Crippen LogP contribution is -2.27. The van der Waals surface area contributed by atoms with Gasteiger partial charge in [0.1, 0.15) is 11.6 Å². The molecule has 1 aliphatic heterocycles. The molecule has 0 radical (unpaired) electrons. The molecule has 1 heterocycles. The first kappa shape index (κ1) is 20.3. The van der Waals surface area contributed by atoms with Crippen LogP contribution in [0.3, 0.4) is 0 Å². The molecule has 1 N–H and O–H groups in total. The Balaban J connectivity index is 1.65. The maximum absolute atomic E-state index is 13.3. The van der Waals surface area contributed by atoms with Crippen LogP contribution in [0.15, 0.2) is 41.3 Å². The van der Waals surface area contributed by atoms with Gasteiger partial charge < -0.3 is 10.1 Å². The molecule has 6 nitrogen and oxygen atoms in total. The number of aryl methyl sites for hydroxylation is 2. The topological polar surface area (TPSA) is 75.7 Å². The van der Waals surface area contributed by atoms with Crippen LogP contribution in [0, 0.1) is 19.7 Å². The van der Waals surface area contributed by atoms with Crippen LogP contribution < -0.4 is 10.1 Å². The van der Waals surface area contributed by atoms with E-state index in [2.05, 4.69) is 5.32 Å². The molecular formula is C20H23FN2O4S. The minimum atomic E-state index is -3.50. The van der Waals surface area contributed by atoms with Gasteiger partial charge in [-0.05, 0) is 68.1 Å². The lowest BCUT2D eigenvalue weighted by molar-refractivity contribution is -0.118. The zero-order valence-corrected chi connectivity index (χ0v) is 16.7. The summed E-state index contributed by atoms with van der Waals surface area (Å²) in [6.45, 7) is 4.31. The number of nitrogens with one attached hydrogen (secondary N) is 1. The number of ether oxygens (including phenoxy) is 1. The van der Waals surface area contributed by atoms with Gasteiger partial charge in [-0.25, -0.2) is 12.8 Å². The van der Waals surface area contributed by atoms with Crippen molar-refractivity contribution in [2.45, 2.75) is 31.6 Å². The van der Waals surface area contributed by atoms with Crippen molar-refractivity contribution in [2.24, 2.45) is 0 Å². The van der Waals surface area contributed by atoms with E-state index in [9.17, 15) is 17.6 Å². The Hall–Kier alpha value is -2.45. The van der Waals surface area contributed by atoms with Crippen molar-refractivity contribution in [3.8, 4) is 5.75 Å². The van der Waals surface area contributed by atoms with Crippen molar-refractivity contribution in [3.05, 3.63) is 53.3 Å². The minimum absolute atomic E-state index is 0.221. The number of amides is 1. The number of halogens is 1. The molecule has 0 bridgehead atoms. The second kappa shape index (κ2) is 8.28. The fourth-order valence-corrected chi connectivity index (χ4v) is 4.68. The van der Waals surface area contributed by atoms with Gasteiger partial charge in [0.15, 0.2) is 6.61 Å². The molecule has 0 saturated carbocycles. The van der Waals surface area contributed by atoms with Crippen molar-refractivity contribution >= 4 is 21.6 Å². The first-order valence-corrected chi connectivity index (χ1v) is 10.5. The van der Waals surface area contributed by atoms with Crippen LogP contribution >= 0.6 is 0 Å². The fourth-order valence-electron chi connectivity index (χ4n) is 3.08. The van der Waals surface area contributed by atoms with E-state index in [0.717, 1.165) is 18.4 Å². The summed E-state index contributed by atoms with van der Waals surface area (Å²) in [4.78, 5) is 12.3. The maximum Gasteiger partial charge on any atom is 0.262 e. The number of carbonyl (C=O) groups is 1. The molecule has 0 aromatic heterocycles. The molecule has 2 aromatic carbocycles. The molecule has 0 aliphatic carbocycles. The number of nitrogens with zero attached hydrogens (tertiary/aromatic N) is 1. The van der Waals surface area contributed by atoms with Crippen LogP contribution in [0.1, 0.15) is 24.0 Å². The maximum atomic E-state index is 13.3. The second-order valence-corrected chi connectivity index (χ2v) is 8.77. The van der Waals surface area contributed by atoms with Crippen molar-refractivity contribution in [1.29, 1.82) is 0 Å². The Bertz CT molecular complexity index is 986. The van der Waals surface area contributed by atoms with Crippen molar-refractivity contribution in [1.82, 2.24) is 4.31 Å². The average molecular weight is 406 g/mol. The Labute approximate surface area is 164 Å². The van der Waals surface area contributed by atoms with E-state index in [1.54, 1.807) is 32.0 Å². The molecule has 28 heavy (non-hydrogen) atoms. The molecule has 1 fully saturated rings. The number of benzene rings is 2. The summed E-state index contributed by atoms with van der Waals surface area (Å²) < 4.78 is 45.5. The van der Waals surface area contributed by atoms with Crippen LogP contribution in [0.25, 0.3) is 0 Å². The Morgan fingerprint density at radius 3 is 2.50 bits per heavy atom. The number of anilines is 1. The standard InChI is InChI=1S/C20H23FN2O4S/c1-14-5-6-16(21)12-18(14)22-20(24)13-27-19-8-7-17(11-15(19)2)28(25,26)23-9-3-4-10-23/h5-8,11-12H,3-4,9-10,13H2,1-2H3,(H,22,24). The number of rotatable bonds is 6. The van der Waals surface area contributed by atoms with Gasteiger partial charge in [0.2, 0.25) is 10.0 Å². The molecule has 0 spiro atoms. The van der Waals surface area contributed by atoms with Gasteiger partial charge in [0.05, 0.1) is 4.90 Å². The highest BCUT2D eigenvalue weighted by Gasteiger charge is 2.27. The van der Waals surface area contributed by atoms with Gasteiger partial charge in [0, 0.05) is 18.8 Å². The summed E-state index contributed by atoms with van der Waals surface area (Å²) in [6, 6.07) is 8.75. The summed E-state index contributed by atoms with van der Waals surface area (Å²) >= 11 is 0. The third-order valence-corrected chi connectivity index (χ3v) is 6.58. The summed E-state index contributed by atoms with van der Waals surface area (Å²) in [5, 5.41) is 2.61. The zero-order chi connectivity index (χ0) is 20.3. The normalized spacial score (nSPS) is 14.8. The predicted octanol–water partition coefficient (Wildman–Crippen LogP) is 3.24. The molecule has 1 amide bonds.